The van der Waals surface area contributed by atoms with Crippen LogP contribution in [0.3, 0.4) is 0 Å². The Morgan fingerprint density at radius 1 is 1.22 bits per heavy atom. The summed E-state index contributed by atoms with van der Waals surface area (Å²) in [7, 11) is 0. The van der Waals surface area contributed by atoms with Gasteiger partial charge < -0.3 is 15.7 Å². The molecular weight excluding hydrogens is 463 g/mol. The number of amides is 1. The highest BCUT2D eigenvalue weighted by molar-refractivity contribution is 5.80. The molecule has 4 aromatic heterocycles. The van der Waals surface area contributed by atoms with Crippen LogP contribution in [0.25, 0.3) is 16.8 Å². The Morgan fingerprint density at radius 3 is 2.53 bits per heavy atom. The minimum atomic E-state index is -0.912. The van der Waals surface area contributed by atoms with Gasteiger partial charge in [-0.3, -0.25) is 14.5 Å². The van der Waals surface area contributed by atoms with Gasteiger partial charge in [0, 0.05) is 47.5 Å². The smallest absolute Gasteiger partial charge is 0.405 e. The van der Waals surface area contributed by atoms with Crippen LogP contribution in [0.15, 0.2) is 49.2 Å². The number of aromatic nitrogens is 6. The molecule has 190 valence electrons. The average Bonchev–Trinajstić information content (AvgIpc) is 3.33. The van der Waals surface area contributed by atoms with Crippen molar-refractivity contribution in [2.75, 3.05) is 5.32 Å². The van der Waals surface area contributed by atoms with Crippen molar-refractivity contribution in [2.24, 2.45) is 0 Å². The van der Waals surface area contributed by atoms with Crippen LogP contribution in [0.1, 0.15) is 51.1 Å². The molecular formula is C25H31FN8O2. The molecule has 0 aromatic carbocycles. The van der Waals surface area contributed by atoms with Crippen molar-refractivity contribution in [3.8, 4) is 11.1 Å². The first kappa shape index (κ1) is 25.1. The minimum absolute atomic E-state index is 0.0775. The van der Waals surface area contributed by atoms with Crippen LogP contribution in [-0.4, -0.2) is 52.5 Å². The van der Waals surface area contributed by atoms with Crippen molar-refractivity contribution >= 4 is 23.5 Å². The summed E-state index contributed by atoms with van der Waals surface area (Å²) in [6, 6.07) is 5.76. The molecule has 0 bridgehead atoms. The van der Waals surface area contributed by atoms with Gasteiger partial charge in [0.2, 0.25) is 5.95 Å². The zero-order valence-corrected chi connectivity index (χ0v) is 20.4. The second-order valence-corrected chi connectivity index (χ2v) is 9.23. The van der Waals surface area contributed by atoms with E-state index in [0.717, 1.165) is 66.8 Å². The van der Waals surface area contributed by atoms with E-state index in [1.54, 1.807) is 18.6 Å². The van der Waals surface area contributed by atoms with Gasteiger partial charge in [0.1, 0.15) is 17.6 Å². The summed E-state index contributed by atoms with van der Waals surface area (Å²) in [4.78, 5) is 23.3. The highest BCUT2D eigenvalue weighted by Crippen LogP contribution is 2.34. The fourth-order valence-corrected chi connectivity index (χ4v) is 3.92. The van der Waals surface area contributed by atoms with Gasteiger partial charge in [-0.1, -0.05) is 18.9 Å². The quantitative estimate of drug-likeness (QED) is 0.304. The number of aromatic amines is 1. The van der Waals surface area contributed by atoms with Gasteiger partial charge >= 0.3 is 6.09 Å². The third-order valence-corrected chi connectivity index (χ3v) is 6.12. The highest BCUT2D eigenvalue weighted by atomic mass is 19.1. The molecule has 2 aliphatic rings. The number of imidazole rings is 1. The van der Waals surface area contributed by atoms with Crippen molar-refractivity contribution in [2.45, 2.75) is 64.1 Å². The topological polar surface area (TPSA) is 133 Å². The third kappa shape index (κ3) is 6.55. The number of anilines is 2. The fourth-order valence-electron chi connectivity index (χ4n) is 3.92. The molecule has 4 heterocycles. The van der Waals surface area contributed by atoms with Crippen LogP contribution in [0.5, 0.6) is 0 Å². The number of halogens is 1. The summed E-state index contributed by atoms with van der Waals surface area (Å²) in [5.74, 6) is 1.46. The molecule has 2 fully saturated rings. The maximum absolute atomic E-state index is 11.9. The first-order valence-corrected chi connectivity index (χ1v) is 12.0. The van der Waals surface area contributed by atoms with Crippen LogP contribution in [-0.2, 0) is 0 Å². The summed E-state index contributed by atoms with van der Waals surface area (Å²) in [6.07, 6.45) is 13.4. The minimum Gasteiger partial charge on any atom is -0.465 e. The van der Waals surface area contributed by atoms with Crippen LogP contribution in [0.4, 0.5) is 21.0 Å². The molecule has 6 rings (SSSR count). The van der Waals surface area contributed by atoms with E-state index in [0.29, 0.717) is 5.95 Å². The lowest BCUT2D eigenvalue weighted by Crippen LogP contribution is -2.32. The van der Waals surface area contributed by atoms with E-state index < -0.39 is 12.3 Å². The molecule has 36 heavy (non-hydrogen) atoms. The molecule has 0 aliphatic heterocycles. The number of fused-ring (bicyclic) bond motifs is 1. The molecule has 10 nitrogen and oxygen atoms in total. The number of aryl methyl sites for hydroxylation is 1. The Kier molecular flexibility index (Phi) is 7.77. The Labute approximate surface area is 208 Å². The highest BCUT2D eigenvalue weighted by Gasteiger charge is 2.38. The van der Waals surface area contributed by atoms with Crippen molar-refractivity contribution < 1.29 is 14.3 Å². The molecule has 0 spiro atoms. The predicted octanol–water partition coefficient (Wildman–Crippen LogP) is 5.27. The van der Waals surface area contributed by atoms with Gasteiger partial charge in [0.15, 0.2) is 0 Å². The largest absolute Gasteiger partial charge is 0.465 e. The van der Waals surface area contributed by atoms with Gasteiger partial charge in [-0.25, -0.2) is 19.2 Å². The van der Waals surface area contributed by atoms with Crippen LogP contribution in [0.2, 0.25) is 0 Å². The van der Waals surface area contributed by atoms with Gasteiger partial charge in [0.25, 0.3) is 0 Å². The van der Waals surface area contributed by atoms with E-state index in [1.807, 2.05) is 48.8 Å². The molecule has 0 atom stereocenters. The summed E-state index contributed by atoms with van der Waals surface area (Å²) in [5.41, 5.74) is 3.62. The molecule has 11 heteroatoms. The van der Waals surface area contributed by atoms with E-state index in [2.05, 4.69) is 35.8 Å². The third-order valence-electron chi connectivity index (χ3n) is 6.12. The number of hydrogen-bond donors (Lipinski definition) is 4. The SMILES string of the molecule is CC1(NC(=O)O)CC1.Cc1nc(Nc2ccn[nH]2)n2ccnc2c1-c1cccnc1.FC1CCCC1. The normalized spacial score (nSPS) is 15.9. The van der Waals surface area contributed by atoms with Crippen LogP contribution in [0, 0.1) is 6.92 Å². The van der Waals surface area contributed by atoms with E-state index in [1.165, 1.54) is 0 Å². The number of carbonyl (C=O) groups is 1. The maximum Gasteiger partial charge on any atom is 0.405 e. The first-order chi connectivity index (χ1) is 17.3. The summed E-state index contributed by atoms with van der Waals surface area (Å²) in [5, 5.41) is 20.6. The Bertz CT molecular complexity index is 1270. The number of hydrogen-bond acceptors (Lipinski definition) is 6. The Hall–Kier alpha value is -4.02. The second kappa shape index (κ2) is 11.1. The van der Waals surface area contributed by atoms with Gasteiger partial charge in [-0.2, -0.15) is 5.10 Å². The molecule has 2 saturated carbocycles. The molecule has 0 saturated heterocycles. The average molecular weight is 495 g/mol. The molecule has 1 amide bonds. The monoisotopic (exact) mass is 494 g/mol. The van der Waals surface area contributed by atoms with E-state index >= 15 is 0 Å². The lowest BCUT2D eigenvalue weighted by atomic mass is 10.1. The Balaban J connectivity index is 0.000000177. The van der Waals surface area contributed by atoms with E-state index in [4.69, 9.17) is 5.11 Å². The number of carboxylic acid groups (broad SMARTS) is 1. The number of H-pyrrole nitrogens is 1. The van der Waals surface area contributed by atoms with Crippen LogP contribution < -0.4 is 10.6 Å². The van der Waals surface area contributed by atoms with Crippen molar-refractivity contribution in [1.82, 2.24) is 34.9 Å². The summed E-state index contributed by atoms with van der Waals surface area (Å²) >= 11 is 0. The molecule has 4 N–H and O–H groups in total. The molecule has 4 aromatic rings. The molecule has 0 radical (unpaired) electrons. The van der Waals surface area contributed by atoms with Gasteiger partial charge in [-0.05, 0) is 45.6 Å². The zero-order chi connectivity index (χ0) is 25.5. The lowest BCUT2D eigenvalue weighted by Gasteiger charge is -2.12. The number of rotatable bonds is 4. The van der Waals surface area contributed by atoms with Crippen molar-refractivity contribution in [3.05, 3.63) is 54.9 Å². The number of alkyl halides is 1. The van der Waals surface area contributed by atoms with Gasteiger partial charge in [0.05, 0.1) is 11.9 Å². The molecule has 0 unspecified atom stereocenters. The van der Waals surface area contributed by atoms with E-state index in [-0.39, 0.29) is 5.54 Å². The fraction of sp³-hybridized carbons (Fsp3) is 0.400. The first-order valence-electron chi connectivity index (χ1n) is 12.0. The van der Waals surface area contributed by atoms with Gasteiger partial charge in [-0.15, -0.1) is 0 Å². The van der Waals surface area contributed by atoms with E-state index in [9.17, 15) is 9.18 Å². The standard InChI is InChI=1S/C15H13N7.C5H9F.C5H9NO2/c1-10-13(11-3-2-5-16-9-11)14-17-7-8-22(14)15(19-10)20-12-4-6-18-21-12;6-5-3-1-2-4-5;1-5(2-3-5)6-4(7)8/h2-9H,1H3,(H2,18,19,20,21);5H,1-4H2;6H,2-3H2,1H3,(H,7,8). The number of nitrogens with one attached hydrogen (secondary N) is 3. The lowest BCUT2D eigenvalue weighted by molar-refractivity contribution is 0.189. The number of nitrogens with zero attached hydrogens (tertiary/aromatic N) is 5. The predicted molar refractivity (Wildman–Crippen MR) is 135 cm³/mol. The second-order valence-electron chi connectivity index (χ2n) is 9.23. The van der Waals surface area contributed by atoms with Crippen molar-refractivity contribution in [1.29, 1.82) is 0 Å². The van der Waals surface area contributed by atoms with Crippen molar-refractivity contribution in [3.63, 3.8) is 0 Å². The summed E-state index contributed by atoms with van der Waals surface area (Å²) in [6.45, 7) is 3.87. The molecule has 2 aliphatic carbocycles. The number of pyridine rings is 1. The Morgan fingerprint density at radius 2 is 2.00 bits per heavy atom. The zero-order valence-electron chi connectivity index (χ0n) is 20.4. The summed E-state index contributed by atoms with van der Waals surface area (Å²) < 4.78 is 13.8. The maximum atomic E-state index is 11.9. The van der Waals surface area contributed by atoms with Crippen LogP contribution >= 0.6 is 0 Å².